The number of anilines is 2. The number of piperidine rings is 1. The molecule has 1 amide bonds. The minimum atomic E-state index is -0.148. The largest absolute Gasteiger partial charge is 0.372 e. The molecule has 2 heterocycles. The van der Waals surface area contributed by atoms with E-state index in [2.05, 4.69) is 27.3 Å². The Morgan fingerprint density at radius 3 is 2.52 bits per heavy atom. The van der Waals surface area contributed by atoms with Gasteiger partial charge >= 0.3 is 0 Å². The Morgan fingerprint density at radius 1 is 1.19 bits per heavy atom. The van der Waals surface area contributed by atoms with Crippen molar-refractivity contribution in [3.8, 4) is 0 Å². The van der Waals surface area contributed by atoms with E-state index in [-0.39, 0.29) is 5.91 Å². The van der Waals surface area contributed by atoms with Crippen molar-refractivity contribution in [1.82, 2.24) is 4.98 Å². The zero-order chi connectivity index (χ0) is 14.7. The van der Waals surface area contributed by atoms with Gasteiger partial charge in [-0.1, -0.05) is 0 Å². The van der Waals surface area contributed by atoms with Gasteiger partial charge in [0.25, 0.3) is 5.91 Å². The quantitative estimate of drug-likeness (QED) is 0.940. The normalized spacial score (nSPS) is 15.0. The van der Waals surface area contributed by atoms with Crippen LogP contribution in [0.15, 0.2) is 29.6 Å². The van der Waals surface area contributed by atoms with Crippen molar-refractivity contribution in [2.75, 3.05) is 23.3 Å². The van der Waals surface area contributed by atoms with Gasteiger partial charge < -0.3 is 10.2 Å². The third-order valence-corrected chi connectivity index (χ3v) is 4.47. The van der Waals surface area contributed by atoms with Gasteiger partial charge in [0.05, 0.1) is 5.01 Å². The van der Waals surface area contributed by atoms with E-state index in [1.54, 1.807) is 5.38 Å². The van der Waals surface area contributed by atoms with Gasteiger partial charge in [0.2, 0.25) is 0 Å². The molecule has 0 aliphatic carbocycles. The molecule has 110 valence electrons. The van der Waals surface area contributed by atoms with Crippen LogP contribution < -0.4 is 10.2 Å². The SMILES string of the molecule is Cc1nc(C(=O)Nc2ccc(N3CCCCC3)cc2)cs1. The van der Waals surface area contributed by atoms with Gasteiger partial charge in [-0.15, -0.1) is 11.3 Å². The topological polar surface area (TPSA) is 45.2 Å². The molecule has 1 aromatic carbocycles. The van der Waals surface area contributed by atoms with Gasteiger partial charge in [-0.2, -0.15) is 0 Å². The first kappa shape index (κ1) is 14.1. The first-order valence-corrected chi connectivity index (χ1v) is 8.19. The number of nitrogens with zero attached hydrogens (tertiary/aromatic N) is 2. The van der Waals surface area contributed by atoms with Crippen molar-refractivity contribution < 1.29 is 4.79 Å². The number of hydrogen-bond donors (Lipinski definition) is 1. The van der Waals surface area contributed by atoms with Crippen LogP contribution in [0, 0.1) is 6.92 Å². The summed E-state index contributed by atoms with van der Waals surface area (Å²) < 4.78 is 0. The summed E-state index contributed by atoms with van der Waals surface area (Å²) in [7, 11) is 0. The second-order valence-electron chi connectivity index (χ2n) is 5.30. The first-order valence-electron chi connectivity index (χ1n) is 7.31. The predicted molar refractivity (Wildman–Crippen MR) is 87.3 cm³/mol. The van der Waals surface area contributed by atoms with E-state index in [1.807, 2.05) is 19.1 Å². The Balaban J connectivity index is 1.65. The van der Waals surface area contributed by atoms with Crippen LogP contribution in [0.2, 0.25) is 0 Å². The summed E-state index contributed by atoms with van der Waals surface area (Å²) in [6, 6.07) is 8.07. The van der Waals surface area contributed by atoms with Crippen molar-refractivity contribution >= 4 is 28.6 Å². The van der Waals surface area contributed by atoms with E-state index < -0.39 is 0 Å². The average Bonchev–Trinajstić information content (AvgIpc) is 2.96. The molecule has 21 heavy (non-hydrogen) atoms. The standard InChI is InChI=1S/C16H19N3OS/c1-12-17-15(11-21-12)16(20)18-13-5-7-14(8-6-13)19-9-3-2-4-10-19/h5-8,11H,2-4,9-10H2,1H3,(H,18,20). The maximum absolute atomic E-state index is 12.0. The summed E-state index contributed by atoms with van der Waals surface area (Å²) in [5.41, 5.74) is 2.53. The molecule has 0 radical (unpaired) electrons. The zero-order valence-corrected chi connectivity index (χ0v) is 12.9. The highest BCUT2D eigenvalue weighted by atomic mass is 32.1. The third-order valence-electron chi connectivity index (χ3n) is 3.70. The molecule has 0 saturated carbocycles. The minimum Gasteiger partial charge on any atom is -0.372 e. The fraction of sp³-hybridized carbons (Fsp3) is 0.375. The highest BCUT2D eigenvalue weighted by Gasteiger charge is 2.12. The van der Waals surface area contributed by atoms with Crippen LogP contribution >= 0.6 is 11.3 Å². The number of nitrogens with one attached hydrogen (secondary N) is 1. The van der Waals surface area contributed by atoms with Gasteiger partial charge in [-0.25, -0.2) is 4.98 Å². The van der Waals surface area contributed by atoms with E-state index >= 15 is 0 Å². The second-order valence-corrected chi connectivity index (χ2v) is 6.36. The fourth-order valence-electron chi connectivity index (χ4n) is 2.57. The summed E-state index contributed by atoms with van der Waals surface area (Å²) in [5, 5.41) is 5.58. The van der Waals surface area contributed by atoms with Crippen molar-refractivity contribution in [3.05, 3.63) is 40.3 Å². The van der Waals surface area contributed by atoms with E-state index in [0.29, 0.717) is 5.69 Å². The summed E-state index contributed by atoms with van der Waals surface area (Å²) in [4.78, 5) is 18.6. The predicted octanol–water partition coefficient (Wildman–Crippen LogP) is 3.69. The van der Waals surface area contributed by atoms with Gasteiger partial charge in [0.15, 0.2) is 0 Å². The maximum Gasteiger partial charge on any atom is 0.275 e. The van der Waals surface area contributed by atoms with E-state index in [0.717, 1.165) is 23.8 Å². The molecule has 1 aromatic heterocycles. The Hall–Kier alpha value is -1.88. The van der Waals surface area contributed by atoms with Crippen LogP contribution in [-0.2, 0) is 0 Å². The summed E-state index contributed by atoms with van der Waals surface area (Å²) in [6.45, 7) is 4.16. The zero-order valence-electron chi connectivity index (χ0n) is 12.1. The third kappa shape index (κ3) is 3.42. The van der Waals surface area contributed by atoms with Crippen molar-refractivity contribution in [2.45, 2.75) is 26.2 Å². The lowest BCUT2D eigenvalue weighted by atomic mass is 10.1. The van der Waals surface area contributed by atoms with Crippen LogP contribution in [0.4, 0.5) is 11.4 Å². The summed E-state index contributed by atoms with van der Waals surface area (Å²) in [6.07, 6.45) is 3.86. The van der Waals surface area contributed by atoms with Crippen LogP contribution in [-0.4, -0.2) is 24.0 Å². The van der Waals surface area contributed by atoms with Crippen molar-refractivity contribution in [2.24, 2.45) is 0 Å². The summed E-state index contributed by atoms with van der Waals surface area (Å²) >= 11 is 1.49. The van der Waals surface area contributed by atoms with Crippen LogP contribution in [0.1, 0.15) is 34.8 Å². The lowest BCUT2D eigenvalue weighted by Gasteiger charge is -2.28. The van der Waals surface area contributed by atoms with Gasteiger partial charge in [-0.05, 0) is 50.5 Å². The molecule has 4 nitrogen and oxygen atoms in total. The van der Waals surface area contributed by atoms with E-state index in [4.69, 9.17) is 0 Å². The molecular weight excluding hydrogens is 282 g/mol. The molecule has 0 unspecified atom stereocenters. The number of thiazole rings is 1. The van der Waals surface area contributed by atoms with Gasteiger partial charge in [0.1, 0.15) is 5.69 Å². The number of amides is 1. The Kier molecular flexibility index (Phi) is 4.20. The number of rotatable bonds is 3. The molecule has 1 aliphatic heterocycles. The average molecular weight is 301 g/mol. The van der Waals surface area contributed by atoms with E-state index in [1.165, 1.54) is 36.3 Å². The lowest BCUT2D eigenvalue weighted by Crippen LogP contribution is -2.29. The number of aryl methyl sites for hydroxylation is 1. The van der Waals surface area contributed by atoms with Gasteiger partial charge in [-0.3, -0.25) is 4.79 Å². The molecular formula is C16H19N3OS. The van der Waals surface area contributed by atoms with Crippen LogP contribution in [0.25, 0.3) is 0 Å². The Labute approximate surface area is 128 Å². The number of benzene rings is 1. The summed E-state index contributed by atoms with van der Waals surface area (Å²) in [5.74, 6) is -0.148. The van der Waals surface area contributed by atoms with Crippen molar-refractivity contribution in [1.29, 1.82) is 0 Å². The monoisotopic (exact) mass is 301 g/mol. The van der Waals surface area contributed by atoms with Crippen LogP contribution in [0.5, 0.6) is 0 Å². The van der Waals surface area contributed by atoms with Crippen molar-refractivity contribution in [3.63, 3.8) is 0 Å². The molecule has 0 bridgehead atoms. The molecule has 0 atom stereocenters. The first-order chi connectivity index (χ1) is 10.2. The maximum atomic E-state index is 12.0. The number of aromatic nitrogens is 1. The van der Waals surface area contributed by atoms with E-state index in [9.17, 15) is 4.79 Å². The molecule has 1 fully saturated rings. The highest BCUT2D eigenvalue weighted by molar-refractivity contribution is 7.09. The highest BCUT2D eigenvalue weighted by Crippen LogP contribution is 2.22. The molecule has 0 spiro atoms. The Morgan fingerprint density at radius 2 is 1.90 bits per heavy atom. The number of carbonyl (C=O) groups is 1. The number of hydrogen-bond acceptors (Lipinski definition) is 4. The smallest absolute Gasteiger partial charge is 0.275 e. The minimum absolute atomic E-state index is 0.148. The number of carbonyl (C=O) groups excluding carboxylic acids is 1. The fourth-order valence-corrected chi connectivity index (χ4v) is 3.16. The van der Waals surface area contributed by atoms with Crippen LogP contribution in [0.3, 0.4) is 0 Å². The molecule has 2 aromatic rings. The molecule has 1 aliphatic rings. The molecule has 1 N–H and O–H groups in total. The second kappa shape index (κ2) is 6.26. The van der Waals surface area contributed by atoms with Gasteiger partial charge in [0, 0.05) is 29.8 Å². The molecule has 3 rings (SSSR count). The molecule has 1 saturated heterocycles. The molecule has 5 heteroatoms. The lowest BCUT2D eigenvalue weighted by molar-refractivity contribution is 0.102. The Bertz CT molecular complexity index is 615.